The van der Waals surface area contributed by atoms with Crippen molar-refractivity contribution in [3.8, 4) is 11.5 Å². The summed E-state index contributed by atoms with van der Waals surface area (Å²) in [6.45, 7) is 2.27. The maximum Gasteiger partial charge on any atom is 0.242 e. The van der Waals surface area contributed by atoms with Crippen LogP contribution in [0.4, 0.5) is 0 Å². The van der Waals surface area contributed by atoms with Gasteiger partial charge < -0.3 is 19.7 Å². The van der Waals surface area contributed by atoms with Crippen molar-refractivity contribution in [2.75, 3.05) is 27.0 Å². The van der Waals surface area contributed by atoms with Crippen LogP contribution in [0.1, 0.15) is 24.5 Å². The minimum absolute atomic E-state index is 0.0632. The molecule has 162 valence electrons. The van der Waals surface area contributed by atoms with Gasteiger partial charge in [0, 0.05) is 19.3 Å². The Morgan fingerprint density at radius 2 is 1.73 bits per heavy atom. The third-order valence-corrected chi connectivity index (χ3v) is 5.76. The second-order valence-corrected chi connectivity index (χ2v) is 7.74. The Hall–Kier alpha value is -2.67. The second-order valence-electron chi connectivity index (χ2n) is 6.75. The molecule has 0 saturated carbocycles. The Morgan fingerprint density at radius 3 is 2.33 bits per heavy atom. The number of nitrogens with zero attached hydrogens (tertiary/aromatic N) is 1. The van der Waals surface area contributed by atoms with Crippen molar-refractivity contribution in [2.24, 2.45) is 0 Å². The molecule has 2 amide bonds. The monoisotopic (exact) mass is 430 g/mol. The SMILES string of the molecule is CC[C@@H](C(=O)NC)N(Cc1cccc(OC)c1)C(=O)CSCc1ccc(OC)cc1. The molecule has 0 aliphatic rings. The number of rotatable bonds is 11. The number of carbonyl (C=O) groups is 2. The van der Waals surface area contributed by atoms with Gasteiger partial charge in [-0.2, -0.15) is 0 Å². The van der Waals surface area contributed by atoms with Gasteiger partial charge in [-0.25, -0.2) is 0 Å². The summed E-state index contributed by atoms with van der Waals surface area (Å²) >= 11 is 1.53. The molecule has 1 atom stereocenters. The molecular weight excluding hydrogens is 400 g/mol. The van der Waals surface area contributed by atoms with Gasteiger partial charge in [-0.1, -0.05) is 31.2 Å². The number of amides is 2. The maximum absolute atomic E-state index is 13.1. The number of thioether (sulfide) groups is 1. The zero-order chi connectivity index (χ0) is 21.9. The predicted molar refractivity (Wildman–Crippen MR) is 121 cm³/mol. The number of likely N-dealkylation sites (N-methyl/N-ethyl adjacent to an activating group) is 1. The van der Waals surface area contributed by atoms with E-state index in [1.165, 1.54) is 11.8 Å². The molecule has 30 heavy (non-hydrogen) atoms. The van der Waals surface area contributed by atoms with Crippen LogP contribution in [0, 0.1) is 0 Å². The number of hydrogen-bond acceptors (Lipinski definition) is 5. The molecule has 0 aliphatic heterocycles. The molecule has 0 heterocycles. The molecule has 0 aliphatic carbocycles. The lowest BCUT2D eigenvalue weighted by Crippen LogP contribution is -2.48. The van der Waals surface area contributed by atoms with Gasteiger partial charge >= 0.3 is 0 Å². The number of hydrogen-bond donors (Lipinski definition) is 1. The molecule has 2 aromatic carbocycles. The molecule has 0 unspecified atom stereocenters. The highest BCUT2D eigenvalue weighted by atomic mass is 32.2. The summed E-state index contributed by atoms with van der Waals surface area (Å²) in [6.07, 6.45) is 0.540. The highest BCUT2D eigenvalue weighted by molar-refractivity contribution is 7.99. The van der Waals surface area contributed by atoms with Crippen molar-refractivity contribution >= 4 is 23.6 Å². The van der Waals surface area contributed by atoms with Gasteiger partial charge in [0.1, 0.15) is 17.5 Å². The van der Waals surface area contributed by atoms with Crippen LogP contribution in [0.5, 0.6) is 11.5 Å². The quantitative estimate of drug-likeness (QED) is 0.591. The van der Waals surface area contributed by atoms with Gasteiger partial charge in [-0.05, 0) is 41.8 Å². The van der Waals surface area contributed by atoms with E-state index in [2.05, 4.69) is 5.32 Å². The van der Waals surface area contributed by atoms with E-state index in [-0.39, 0.29) is 11.8 Å². The number of ether oxygens (including phenoxy) is 2. The lowest BCUT2D eigenvalue weighted by Gasteiger charge is -2.30. The Balaban J connectivity index is 2.09. The van der Waals surface area contributed by atoms with Crippen molar-refractivity contribution in [3.05, 3.63) is 59.7 Å². The first kappa shape index (κ1) is 23.6. The predicted octanol–water partition coefficient (Wildman–Crippen LogP) is 3.49. The molecule has 0 fully saturated rings. The summed E-state index contributed by atoms with van der Waals surface area (Å²) in [6, 6.07) is 14.8. The van der Waals surface area contributed by atoms with Crippen LogP contribution < -0.4 is 14.8 Å². The van der Waals surface area contributed by atoms with E-state index in [1.54, 1.807) is 26.2 Å². The van der Waals surface area contributed by atoms with Crippen LogP contribution in [-0.4, -0.2) is 49.8 Å². The summed E-state index contributed by atoms with van der Waals surface area (Å²) in [4.78, 5) is 27.2. The number of benzene rings is 2. The molecule has 2 rings (SSSR count). The largest absolute Gasteiger partial charge is 0.497 e. The minimum atomic E-state index is -0.518. The van der Waals surface area contributed by atoms with Crippen LogP contribution >= 0.6 is 11.8 Å². The van der Waals surface area contributed by atoms with Crippen LogP contribution in [0.2, 0.25) is 0 Å². The van der Waals surface area contributed by atoms with Gasteiger partial charge in [0.15, 0.2) is 0 Å². The van der Waals surface area contributed by atoms with Crippen LogP contribution in [0.25, 0.3) is 0 Å². The van der Waals surface area contributed by atoms with Gasteiger partial charge in [0.25, 0.3) is 0 Å². The zero-order valence-corrected chi connectivity index (χ0v) is 18.8. The van der Waals surface area contributed by atoms with E-state index in [1.807, 2.05) is 55.5 Å². The van der Waals surface area contributed by atoms with E-state index in [0.29, 0.717) is 24.5 Å². The number of nitrogens with one attached hydrogen (secondary N) is 1. The topological polar surface area (TPSA) is 67.9 Å². The molecule has 0 bridgehead atoms. The van der Waals surface area contributed by atoms with Gasteiger partial charge in [0.05, 0.1) is 20.0 Å². The standard InChI is InChI=1S/C23H30N2O4S/c1-5-21(23(27)24-2)25(14-18-7-6-8-20(13-18)29-4)22(26)16-30-15-17-9-11-19(28-3)12-10-17/h6-13,21H,5,14-16H2,1-4H3,(H,24,27)/t21-/m0/s1. The minimum Gasteiger partial charge on any atom is -0.497 e. The van der Waals surface area contributed by atoms with E-state index < -0.39 is 6.04 Å². The average Bonchev–Trinajstić information content (AvgIpc) is 2.79. The first-order valence-electron chi connectivity index (χ1n) is 9.87. The highest BCUT2D eigenvalue weighted by Gasteiger charge is 2.27. The van der Waals surface area contributed by atoms with Crippen molar-refractivity contribution in [3.63, 3.8) is 0 Å². The molecule has 0 saturated heterocycles. The number of carbonyl (C=O) groups excluding carboxylic acids is 2. The van der Waals surface area contributed by atoms with Crippen molar-refractivity contribution in [2.45, 2.75) is 31.7 Å². The fourth-order valence-electron chi connectivity index (χ4n) is 3.11. The molecule has 6 nitrogen and oxygen atoms in total. The Labute approximate surface area is 182 Å². The van der Waals surface area contributed by atoms with Gasteiger partial charge in [-0.3, -0.25) is 9.59 Å². The highest BCUT2D eigenvalue weighted by Crippen LogP contribution is 2.20. The van der Waals surface area contributed by atoms with E-state index >= 15 is 0 Å². The van der Waals surface area contributed by atoms with Crippen molar-refractivity contribution < 1.29 is 19.1 Å². The fourth-order valence-corrected chi connectivity index (χ4v) is 3.99. The van der Waals surface area contributed by atoms with Gasteiger partial charge in [-0.15, -0.1) is 11.8 Å². The average molecular weight is 431 g/mol. The lowest BCUT2D eigenvalue weighted by atomic mass is 10.1. The molecule has 0 radical (unpaired) electrons. The molecular formula is C23H30N2O4S. The molecule has 0 aromatic heterocycles. The first-order chi connectivity index (χ1) is 14.5. The maximum atomic E-state index is 13.1. The van der Waals surface area contributed by atoms with Crippen LogP contribution in [0.3, 0.4) is 0 Å². The molecule has 0 spiro atoms. The summed E-state index contributed by atoms with van der Waals surface area (Å²) in [5, 5.41) is 2.68. The molecule has 7 heteroatoms. The molecule has 1 N–H and O–H groups in total. The lowest BCUT2D eigenvalue weighted by molar-refractivity contribution is -0.139. The third-order valence-electron chi connectivity index (χ3n) is 4.77. The van der Waals surface area contributed by atoms with E-state index in [0.717, 1.165) is 22.6 Å². The number of methoxy groups -OCH3 is 2. The normalized spacial score (nSPS) is 11.5. The fraction of sp³-hybridized carbons (Fsp3) is 0.391. The Bertz CT molecular complexity index is 826. The summed E-state index contributed by atoms with van der Waals surface area (Å²) in [5.74, 6) is 2.31. The van der Waals surface area contributed by atoms with E-state index in [9.17, 15) is 9.59 Å². The third kappa shape index (κ3) is 6.69. The van der Waals surface area contributed by atoms with E-state index in [4.69, 9.17) is 9.47 Å². The van der Waals surface area contributed by atoms with Gasteiger partial charge in [0.2, 0.25) is 11.8 Å². The van der Waals surface area contributed by atoms with Crippen LogP contribution in [-0.2, 0) is 21.9 Å². The summed E-state index contributed by atoms with van der Waals surface area (Å²) in [5.41, 5.74) is 2.04. The zero-order valence-electron chi connectivity index (χ0n) is 18.0. The first-order valence-corrected chi connectivity index (χ1v) is 11.0. The summed E-state index contributed by atoms with van der Waals surface area (Å²) in [7, 11) is 4.84. The van der Waals surface area contributed by atoms with Crippen LogP contribution in [0.15, 0.2) is 48.5 Å². The second kappa shape index (κ2) is 12.1. The summed E-state index contributed by atoms with van der Waals surface area (Å²) < 4.78 is 10.5. The smallest absolute Gasteiger partial charge is 0.242 e. The van der Waals surface area contributed by atoms with Crippen molar-refractivity contribution in [1.29, 1.82) is 0 Å². The molecule has 2 aromatic rings. The Morgan fingerprint density at radius 1 is 1.03 bits per heavy atom. The Kier molecular flexibility index (Phi) is 9.54. The van der Waals surface area contributed by atoms with Crippen molar-refractivity contribution in [1.82, 2.24) is 10.2 Å².